The monoisotopic (exact) mass is 634 g/mol. The van der Waals surface area contributed by atoms with Crippen molar-refractivity contribution in [3.05, 3.63) is 72.3 Å². The van der Waals surface area contributed by atoms with E-state index < -0.39 is 50.3 Å². The van der Waals surface area contributed by atoms with Gasteiger partial charge in [0.1, 0.15) is 17.2 Å². The number of amides is 3. The van der Waals surface area contributed by atoms with Gasteiger partial charge in [0, 0.05) is 19.4 Å². The van der Waals surface area contributed by atoms with Gasteiger partial charge in [0.25, 0.3) is 5.91 Å². The zero-order chi connectivity index (χ0) is 31.8. The van der Waals surface area contributed by atoms with Gasteiger partial charge < -0.3 is 20.7 Å². The Labute approximate surface area is 264 Å². The molecule has 2 aromatic carbocycles. The van der Waals surface area contributed by atoms with Gasteiger partial charge in [0.05, 0.1) is 17.8 Å². The Morgan fingerprint density at radius 3 is 2.38 bits per heavy atom. The van der Waals surface area contributed by atoms with Crippen LogP contribution in [0.15, 0.2) is 66.7 Å². The van der Waals surface area contributed by atoms with Crippen molar-refractivity contribution in [3.63, 3.8) is 0 Å². The SMILES string of the molecule is CO[C@@]1(c2ccc(-c3ccccc3)cc2)C[C@H]2C(=O)N[C@]3(C(=O)NS(=O)(=O)C4CC4)C[C@H]3/C=C\CCCCC[C@H](N)C(=O)N2C1. The number of hydrogen-bond acceptors (Lipinski definition) is 7. The van der Waals surface area contributed by atoms with E-state index in [9.17, 15) is 22.8 Å². The van der Waals surface area contributed by atoms with Crippen molar-refractivity contribution in [2.45, 2.75) is 86.3 Å². The van der Waals surface area contributed by atoms with Crippen molar-refractivity contribution in [1.82, 2.24) is 14.9 Å². The van der Waals surface area contributed by atoms with Crippen LogP contribution in [0, 0.1) is 5.92 Å². The van der Waals surface area contributed by atoms with Crippen molar-refractivity contribution in [1.29, 1.82) is 0 Å². The fourth-order valence-corrected chi connectivity index (χ4v) is 8.14. The smallest absolute Gasteiger partial charge is 0.259 e. The van der Waals surface area contributed by atoms with Gasteiger partial charge in [0.15, 0.2) is 0 Å². The number of rotatable bonds is 6. The summed E-state index contributed by atoms with van der Waals surface area (Å²) in [6.07, 6.45) is 9.16. The van der Waals surface area contributed by atoms with Crippen LogP contribution in [0.1, 0.15) is 63.4 Å². The molecule has 2 aliphatic carbocycles. The lowest BCUT2D eigenvalue weighted by molar-refractivity contribution is -0.141. The fourth-order valence-electron chi connectivity index (χ4n) is 6.78. The summed E-state index contributed by atoms with van der Waals surface area (Å²) in [6.45, 7) is 0.109. The molecule has 6 rings (SSSR count). The van der Waals surface area contributed by atoms with E-state index in [0.717, 1.165) is 42.4 Å². The molecule has 0 aromatic heterocycles. The highest BCUT2D eigenvalue weighted by atomic mass is 32.2. The number of carbonyl (C=O) groups excluding carboxylic acids is 3. The van der Waals surface area contributed by atoms with Gasteiger partial charge in [-0.15, -0.1) is 0 Å². The van der Waals surface area contributed by atoms with Crippen molar-refractivity contribution in [2.24, 2.45) is 11.7 Å². The molecule has 240 valence electrons. The maximum Gasteiger partial charge on any atom is 0.259 e. The largest absolute Gasteiger partial charge is 0.372 e. The van der Waals surface area contributed by atoms with E-state index in [-0.39, 0.29) is 31.2 Å². The highest BCUT2D eigenvalue weighted by Crippen LogP contribution is 2.47. The number of sulfonamides is 1. The Balaban J connectivity index is 1.31. The van der Waals surface area contributed by atoms with E-state index in [1.165, 1.54) is 4.90 Å². The molecule has 4 aliphatic rings. The van der Waals surface area contributed by atoms with Crippen LogP contribution < -0.4 is 15.8 Å². The standard InChI is InChI=1S/C34H42N4O6S/c1-44-33(25-16-14-24(15-17-25)23-10-6-5-7-11-23)21-29-30(39)36-34(32(41)37-45(42,43)27-18-19-27)20-26(34)12-8-3-2-4-9-13-28(35)31(40)38(29)22-33/h5-8,10-12,14-17,26-29H,2-4,9,13,18-22,35H2,1H3,(H,36,39)(H,37,41)/b12-8-/t26-,28+,29+,33+,34-/m1/s1. The highest BCUT2D eigenvalue weighted by molar-refractivity contribution is 7.91. The first-order valence-corrected chi connectivity index (χ1v) is 17.5. The van der Waals surface area contributed by atoms with Gasteiger partial charge >= 0.3 is 0 Å². The van der Waals surface area contributed by atoms with Crippen LogP contribution in [0.25, 0.3) is 11.1 Å². The molecule has 2 aromatic rings. The zero-order valence-corrected chi connectivity index (χ0v) is 26.4. The molecular formula is C34H42N4O6S. The second-order valence-electron chi connectivity index (χ2n) is 12.9. The number of methoxy groups -OCH3 is 1. The predicted octanol–water partition coefficient (Wildman–Crippen LogP) is 3.13. The predicted molar refractivity (Wildman–Crippen MR) is 170 cm³/mol. The van der Waals surface area contributed by atoms with Gasteiger partial charge in [0.2, 0.25) is 21.8 Å². The highest BCUT2D eigenvalue weighted by Gasteiger charge is 2.62. The lowest BCUT2D eigenvalue weighted by atomic mass is 9.89. The van der Waals surface area contributed by atoms with Gasteiger partial charge in [-0.1, -0.05) is 79.6 Å². The molecule has 0 unspecified atom stereocenters. The maximum atomic E-state index is 14.2. The summed E-state index contributed by atoms with van der Waals surface area (Å²) in [4.78, 5) is 43.1. The summed E-state index contributed by atoms with van der Waals surface area (Å²) in [6, 6.07) is 16.1. The van der Waals surface area contributed by atoms with E-state index in [1.807, 2.05) is 66.7 Å². The summed E-state index contributed by atoms with van der Waals surface area (Å²) >= 11 is 0. The molecule has 2 aliphatic heterocycles. The van der Waals surface area contributed by atoms with Crippen molar-refractivity contribution < 1.29 is 27.5 Å². The Kier molecular flexibility index (Phi) is 8.62. The topological polar surface area (TPSA) is 148 Å². The lowest BCUT2D eigenvalue weighted by Crippen LogP contribution is -2.57. The van der Waals surface area contributed by atoms with Crippen LogP contribution in [0.2, 0.25) is 0 Å². The van der Waals surface area contributed by atoms with E-state index in [0.29, 0.717) is 19.3 Å². The van der Waals surface area contributed by atoms with Crippen LogP contribution in [0.3, 0.4) is 0 Å². The van der Waals surface area contributed by atoms with Gasteiger partial charge in [-0.3, -0.25) is 19.1 Å². The molecule has 2 saturated carbocycles. The van der Waals surface area contributed by atoms with E-state index in [4.69, 9.17) is 10.5 Å². The molecule has 4 N–H and O–H groups in total. The third-order valence-corrected chi connectivity index (χ3v) is 11.7. The minimum absolute atomic E-state index is 0.109. The normalized spacial score (nSPS) is 31.5. The van der Waals surface area contributed by atoms with Gasteiger partial charge in [-0.25, -0.2) is 8.42 Å². The lowest BCUT2D eigenvalue weighted by Gasteiger charge is -2.30. The fraction of sp³-hybridized carbons (Fsp3) is 0.500. The molecule has 5 atom stereocenters. The van der Waals surface area contributed by atoms with Crippen LogP contribution in [0.5, 0.6) is 0 Å². The molecule has 45 heavy (non-hydrogen) atoms. The van der Waals surface area contributed by atoms with Crippen LogP contribution >= 0.6 is 0 Å². The summed E-state index contributed by atoms with van der Waals surface area (Å²) in [5.41, 5.74) is 6.91. The number of ether oxygens (including phenoxy) is 1. The second kappa shape index (κ2) is 12.3. The minimum atomic E-state index is -3.82. The number of allylic oxidation sites excluding steroid dienone is 1. The number of benzene rings is 2. The zero-order valence-electron chi connectivity index (χ0n) is 25.6. The molecule has 3 fully saturated rings. The number of nitrogens with two attached hydrogens (primary N) is 1. The average molecular weight is 635 g/mol. The first kappa shape index (κ1) is 31.4. The Morgan fingerprint density at radius 1 is 0.978 bits per heavy atom. The third kappa shape index (κ3) is 6.30. The summed E-state index contributed by atoms with van der Waals surface area (Å²) in [7, 11) is -2.25. The third-order valence-electron chi connectivity index (χ3n) is 9.86. The number of nitrogens with one attached hydrogen (secondary N) is 2. The molecule has 0 bridgehead atoms. The maximum absolute atomic E-state index is 14.2. The van der Waals surface area contributed by atoms with E-state index in [1.54, 1.807) is 7.11 Å². The number of fused-ring (bicyclic) bond motifs is 2. The minimum Gasteiger partial charge on any atom is -0.372 e. The molecule has 0 spiro atoms. The molecule has 2 heterocycles. The molecular weight excluding hydrogens is 592 g/mol. The molecule has 11 heteroatoms. The van der Waals surface area contributed by atoms with Crippen molar-refractivity contribution >= 4 is 27.7 Å². The summed E-state index contributed by atoms with van der Waals surface area (Å²) in [5, 5.41) is 2.33. The summed E-state index contributed by atoms with van der Waals surface area (Å²) < 4.78 is 33.8. The van der Waals surface area contributed by atoms with E-state index in [2.05, 4.69) is 10.0 Å². The Hall–Kier alpha value is -3.54. The van der Waals surface area contributed by atoms with Gasteiger partial charge in [-0.05, 0) is 55.2 Å². The first-order valence-electron chi connectivity index (χ1n) is 15.9. The van der Waals surface area contributed by atoms with Crippen LogP contribution in [-0.2, 0) is 34.7 Å². The van der Waals surface area contributed by atoms with Crippen molar-refractivity contribution in [3.8, 4) is 11.1 Å². The summed E-state index contributed by atoms with van der Waals surface area (Å²) in [5.74, 6) is -1.96. The Bertz CT molecular complexity index is 1580. The second-order valence-corrected chi connectivity index (χ2v) is 14.9. The van der Waals surface area contributed by atoms with Gasteiger partial charge in [-0.2, -0.15) is 0 Å². The average Bonchev–Trinajstić information content (AvgIpc) is 3.97. The Morgan fingerprint density at radius 2 is 1.69 bits per heavy atom. The van der Waals surface area contributed by atoms with Crippen LogP contribution in [0.4, 0.5) is 0 Å². The quantitative estimate of drug-likeness (QED) is 0.414. The van der Waals surface area contributed by atoms with Crippen LogP contribution in [-0.4, -0.2) is 67.6 Å². The molecule has 1 saturated heterocycles. The van der Waals surface area contributed by atoms with Crippen molar-refractivity contribution in [2.75, 3.05) is 13.7 Å². The molecule has 3 amide bonds. The molecule has 0 radical (unpaired) electrons. The number of nitrogens with zero attached hydrogens (tertiary/aromatic N) is 1. The van der Waals surface area contributed by atoms with E-state index >= 15 is 0 Å². The molecule has 10 nitrogen and oxygen atoms in total. The number of carbonyl (C=O) groups is 3. The first-order chi connectivity index (χ1) is 21.6. The number of hydrogen-bond donors (Lipinski definition) is 3.